The van der Waals surface area contributed by atoms with Crippen LogP contribution in [0.15, 0.2) is 24.5 Å². The maximum Gasteiger partial charge on any atom is 0.300 e. The molecule has 0 saturated carbocycles. The van der Waals surface area contributed by atoms with Crippen LogP contribution in [0, 0.1) is 0 Å². The van der Waals surface area contributed by atoms with Crippen LogP contribution in [0.5, 0.6) is 0 Å². The number of pyridine rings is 1. The zero-order chi connectivity index (χ0) is 10.3. The molecule has 1 aromatic rings. The summed E-state index contributed by atoms with van der Waals surface area (Å²) in [4.78, 5) is 14.9. The van der Waals surface area contributed by atoms with Crippen molar-refractivity contribution < 1.29 is 9.90 Å². The molecule has 0 aromatic carbocycles. The average molecular weight is 182 g/mol. The fourth-order valence-electron chi connectivity index (χ4n) is 0.642. The largest absolute Gasteiger partial charge is 0.481 e. The van der Waals surface area contributed by atoms with E-state index in [-0.39, 0.29) is 0 Å². The number of rotatable bonds is 1. The van der Waals surface area contributed by atoms with Gasteiger partial charge in [-0.1, -0.05) is 0 Å². The summed E-state index contributed by atoms with van der Waals surface area (Å²) in [6.07, 6.45) is 3.57. The fraction of sp³-hybridized carbons (Fsp3) is 0.333. The van der Waals surface area contributed by atoms with Crippen molar-refractivity contribution >= 4 is 11.7 Å². The molecule has 0 spiro atoms. The van der Waals surface area contributed by atoms with Gasteiger partial charge in [-0.25, -0.2) is 0 Å². The maximum absolute atomic E-state index is 9.00. The van der Waals surface area contributed by atoms with E-state index in [1.54, 1.807) is 12.4 Å². The van der Waals surface area contributed by atoms with Gasteiger partial charge in [-0.2, -0.15) is 0 Å². The van der Waals surface area contributed by atoms with Crippen LogP contribution in [0.4, 0.5) is 5.69 Å². The minimum atomic E-state index is -0.833. The Bertz CT molecular complexity index is 243. The van der Waals surface area contributed by atoms with Crippen LogP contribution in [-0.2, 0) is 4.79 Å². The van der Waals surface area contributed by atoms with Gasteiger partial charge in [0, 0.05) is 39.1 Å². The van der Waals surface area contributed by atoms with Gasteiger partial charge in [0.05, 0.1) is 0 Å². The standard InChI is InChI=1S/C7H10N2.C2H4O2/c1-9(2)7-3-5-8-6-4-7;1-2(3)4/h3-6H,1-2H3;1H3,(H,3,4). The first-order valence-electron chi connectivity index (χ1n) is 3.81. The summed E-state index contributed by atoms with van der Waals surface area (Å²) in [6, 6.07) is 3.94. The molecule has 72 valence electrons. The highest BCUT2D eigenvalue weighted by molar-refractivity contribution is 5.62. The lowest BCUT2D eigenvalue weighted by Crippen LogP contribution is -2.07. The van der Waals surface area contributed by atoms with Crippen LogP contribution < -0.4 is 4.90 Å². The summed E-state index contributed by atoms with van der Waals surface area (Å²) in [5.74, 6) is -0.833. The first kappa shape index (κ1) is 11.4. The lowest BCUT2D eigenvalue weighted by Gasteiger charge is -2.10. The molecular formula is C9H14N2O2. The summed E-state index contributed by atoms with van der Waals surface area (Å²) in [5.41, 5.74) is 1.19. The third kappa shape index (κ3) is 6.80. The van der Waals surface area contributed by atoms with E-state index < -0.39 is 5.97 Å². The zero-order valence-electron chi connectivity index (χ0n) is 8.06. The number of carbonyl (C=O) groups is 1. The van der Waals surface area contributed by atoms with E-state index in [4.69, 9.17) is 9.90 Å². The molecule has 1 aromatic heterocycles. The molecule has 13 heavy (non-hydrogen) atoms. The Morgan fingerprint density at radius 2 is 1.77 bits per heavy atom. The number of aliphatic carboxylic acids is 1. The summed E-state index contributed by atoms with van der Waals surface area (Å²) < 4.78 is 0. The molecule has 0 fully saturated rings. The number of carboxylic acids is 1. The second-order valence-corrected chi connectivity index (χ2v) is 2.62. The molecule has 1 N–H and O–H groups in total. The van der Waals surface area contributed by atoms with E-state index in [9.17, 15) is 0 Å². The molecule has 0 saturated heterocycles. The highest BCUT2D eigenvalue weighted by Gasteiger charge is 1.88. The first-order valence-corrected chi connectivity index (χ1v) is 3.81. The Kier molecular flexibility index (Phi) is 5.27. The van der Waals surface area contributed by atoms with Crippen molar-refractivity contribution in [3.05, 3.63) is 24.5 Å². The van der Waals surface area contributed by atoms with Gasteiger partial charge in [0.2, 0.25) is 0 Å². The van der Waals surface area contributed by atoms with Crippen molar-refractivity contribution in [1.82, 2.24) is 4.98 Å². The zero-order valence-corrected chi connectivity index (χ0v) is 8.06. The maximum atomic E-state index is 9.00. The van der Waals surface area contributed by atoms with Gasteiger partial charge in [-0.3, -0.25) is 9.78 Å². The normalized spacial score (nSPS) is 8.23. The third-order valence-corrected chi connectivity index (χ3v) is 1.18. The summed E-state index contributed by atoms with van der Waals surface area (Å²) in [7, 11) is 4.02. The van der Waals surface area contributed by atoms with Crippen molar-refractivity contribution in [2.45, 2.75) is 6.92 Å². The van der Waals surface area contributed by atoms with Gasteiger partial charge < -0.3 is 10.0 Å². The van der Waals surface area contributed by atoms with Gasteiger partial charge in [-0.15, -0.1) is 0 Å². The first-order chi connectivity index (χ1) is 6.04. The molecular weight excluding hydrogens is 168 g/mol. The van der Waals surface area contributed by atoms with Gasteiger partial charge >= 0.3 is 0 Å². The second kappa shape index (κ2) is 5.99. The summed E-state index contributed by atoms with van der Waals surface area (Å²) in [6.45, 7) is 1.08. The molecule has 0 atom stereocenters. The minimum absolute atomic E-state index is 0.833. The topological polar surface area (TPSA) is 53.4 Å². The molecule has 0 amide bonds. The predicted octanol–water partition coefficient (Wildman–Crippen LogP) is 1.24. The molecule has 1 rings (SSSR count). The molecule has 1 heterocycles. The lowest BCUT2D eigenvalue weighted by atomic mass is 10.4. The van der Waals surface area contributed by atoms with Gasteiger partial charge in [0.25, 0.3) is 5.97 Å². The number of aromatic nitrogens is 1. The molecule has 0 bridgehead atoms. The molecule has 0 aliphatic heterocycles. The van der Waals surface area contributed by atoms with Gasteiger partial charge in [0.15, 0.2) is 0 Å². The Hall–Kier alpha value is -1.58. The number of anilines is 1. The Morgan fingerprint density at radius 3 is 2.00 bits per heavy atom. The number of hydrogen-bond donors (Lipinski definition) is 1. The quantitative estimate of drug-likeness (QED) is 0.710. The second-order valence-electron chi connectivity index (χ2n) is 2.62. The molecule has 0 unspecified atom stereocenters. The van der Waals surface area contributed by atoms with E-state index in [1.807, 2.05) is 31.1 Å². The molecule has 0 radical (unpaired) electrons. The van der Waals surface area contributed by atoms with E-state index in [0.717, 1.165) is 6.92 Å². The number of hydrogen-bond acceptors (Lipinski definition) is 3. The van der Waals surface area contributed by atoms with Crippen molar-refractivity contribution in [2.75, 3.05) is 19.0 Å². The monoisotopic (exact) mass is 182 g/mol. The van der Waals surface area contributed by atoms with E-state index in [2.05, 4.69) is 4.98 Å². The fourth-order valence-corrected chi connectivity index (χ4v) is 0.642. The van der Waals surface area contributed by atoms with Crippen LogP contribution >= 0.6 is 0 Å². The van der Waals surface area contributed by atoms with Crippen LogP contribution in [0.1, 0.15) is 6.92 Å². The van der Waals surface area contributed by atoms with Crippen molar-refractivity contribution in [3.63, 3.8) is 0 Å². The highest BCUT2D eigenvalue weighted by Crippen LogP contribution is 2.05. The van der Waals surface area contributed by atoms with Crippen molar-refractivity contribution in [3.8, 4) is 0 Å². The van der Waals surface area contributed by atoms with Gasteiger partial charge in [-0.05, 0) is 12.1 Å². The summed E-state index contributed by atoms with van der Waals surface area (Å²) >= 11 is 0. The third-order valence-electron chi connectivity index (χ3n) is 1.18. The molecule has 4 heteroatoms. The SMILES string of the molecule is CC(=O)O.CN(C)c1ccncc1. The van der Waals surface area contributed by atoms with E-state index >= 15 is 0 Å². The van der Waals surface area contributed by atoms with E-state index in [1.165, 1.54) is 5.69 Å². The molecule has 4 nitrogen and oxygen atoms in total. The van der Waals surface area contributed by atoms with Crippen molar-refractivity contribution in [1.29, 1.82) is 0 Å². The smallest absolute Gasteiger partial charge is 0.300 e. The van der Waals surface area contributed by atoms with Crippen LogP contribution in [0.25, 0.3) is 0 Å². The Labute approximate surface area is 77.8 Å². The van der Waals surface area contributed by atoms with Crippen molar-refractivity contribution in [2.24, 2.45) is 0 Å². The number of nitrogens with zero attached hydrogens (tertiary/aromatic N) is 2. The summed E-state index contributed by atoms with van der Waals surface area (Å²) in [5, 5.41) is 7.42. The highest BCUT2D eigenvalue weighted by atomic mass is 16.4. The molecule has 0 aliphatic rings. The number of carboxylic acid groups (broad SMARTS) is 1. The molecule has 0 aliphatic carbocycles. The Morgan fingerprint density at radius 1 is 1.38 bits per heavy atom. The Balaban J connectivity index is 0.000000310. The van der Waals surface area contributed by atoms with Gasteiger partial charge in [0.1, 0.15) is 0 Å². The van der Waals surface area contributed by atoms with Crippen LogP contribution in [-0.4, -0.2) is 30.2 Å². The van der Waals surface area contributed by atoms with Crippen LogP contribution in [0.2, 0.25) is 0 Å². The predicted molar refractivity (Wildman–Crippen MR) is 51.9 cm³/mol. The lowest BCUT2D eigenvalue weighted by molar-refractivity contribution is -0.134. The average Bonchev–Trinajstić information content (AvgIpc) is 2.05. The van der Waals surface area contributed by atoms with E-state index in [0.29, 0.717) is 0 Å². The van der Waals surface area contributed by atoms with Crippen LogP contribution in [0.3, 0.4) is 0 Å². The minimum Gasteiger partial charge on any atom is -0.481 e.